The number of hydrogen-bond donors (Lipinski definition) is 3. The summed E-state index contributed by atoms with van der Waals surface area (Å²) in [5, 5.41) is 14.0. The SMILES string of the molecule is CC(C)[C@H](NC(=O)c1ccc(Cl)cc1Cl)c1nc(SCC(=O)NCc2ccccc2)n[nH]1. The topological polar surface area (TPSA) is 99.8 Å². The zero-order valence-electron chi connectivity index (χ0n) is 17.6. The van der Waals surface area contributed by atoms with Crippen LogP contribution >= 0.6 is 35.0 Å². The lowest BCUT2D eigenvalue weighted by Crippen LogP contribution is -2.32. The second-order valence-corrected chi connectivity index (χ2v) is 9.16. The second kappa shape index (κ2) is 11.4. The van der Waals surface area contributed by atoms with Crippen LogP contribution in [0.25, 0.3) is 0 Å². The zero-order valence-corrected chi connectivity index (χ0v) is 19.9. The van der Waals surface area contributed by atoms with Crippen LogP contribution in [-0.4, -0.2) is 32.7 Å². The molecule has 10 heteroatoms. The van der Waals surface area contributed by atoms with Crippen molar-refractivity contribution < 1.29 is 9.59 Å². The van der Waals surface area contributed by atoms with Crippen molar-refractivity contribution in [3.63, 3.8) is 0 Å². The maximum absolute atomic E-state index is 12.7. The van der Waals surface area contributed by atoms with E-state index in [9.17, 15) is 9.59 Å². The van der Waals surface area contributed by atoms with Crippen molar-refractivity contribution in [2.24, 2.45) is 5.92 Å². The van der Waals surface area contributed by atoms with Gasteiger partial charge in [0.05, 0.1) is 22.4 Å². The lowest BCUT2D eigenvalue weighted by atomic mass is 10.0. The average molecular weight is 492 g/mol. The molecular formula is C22H23Cl2N5O2S. The van der Waals surface area contributed by atoms with E-state index in [1.807, 2.05) is 44.2 Å². The first-order valence-electron chi connectivity index (χ1n) is 9.95. The molecule has 0 aliphatic heterocycles. The third kappa shape index (κ3) is 6.72. The maximum Gasteiger partial charge on any atom is 0.253 e. The fraction of sp³-hybridized carbons (Fsp3) is 0.273. The van der Waals surface area contributed by atoms with Crippen LogP contribution in [0.5, 0.6) is 0 Å². The first-order valence-corrected chi connectivity index (χ1v) is 11.7. The molecule has 1 aromatic heterocycles. The quantitative estimate of drug-likeness (QED) is 0.378. The van der Waals surface area contributed by atoms with Crippen LogP contribution in [0.3, 0.4) is 0 Å². The summed E-state index contributed by atoms with van der Waals surface area (Å²) in [6.07, 6.45) is 0. The van der Waals surface area contributed by atoms with Crippen LogP contribution < -0.4 is 10.6 Å². The molecule has 0 unspecified atom stereocenters. The predicted molar refractivity (Wildman–Crippen MR) is 127 cm³/mol. The molecule has 0 aliphatic rings. The number of carbonyl (C=O) groups is 2. The van der Waals surface area contributed by atoms with Gasteiger partial charge in [0.15, 0.2) is 0 Å². The highest BCUT2D eigenvalue weighted by Gasteiger charge is 2.24. The Morgan fingerprint density at radius 1 is 1.12 bits per heavy atom. The molecule has 0 spiro atoms. The number of H-pyrrole nitrogens is 1. The van der Waals surface area contributed by atoms with E-state index in [0.29, 0.717) is 28.1 Å². The molecule has 3 N–H and O–H groups in total. The number of nitrogens with zero attached hydrogens (tertiary/aromatic N) is 2. The second-order valence-electron chi connectivity index (χ2n) is 7.37. The van der Waals surface area contributed by atoms with Gasteiger partial charge in [0.1, 0.15) is 5.82 Å². The van der Waals surface area contributed by atoms with Gasteiger partial charge in [0.25, 0.3) is 5.91 Å². The number of carbonyl (C=O) groups excluding carboxylic acids is 2. The first-order chi connectivity index (χ1) is 15.3. The summed E-state index contributed by atoms with van der Waals surface area (Å²) >= 11 is 13.3. The summed E-state index contributed by atoms with van der Waals surface area (Å²) in [4.78, 5) is 29.3. The number of hydrogen-bond acceptors (Lipinski definition) is 5. The Kier molecular flexibility index (Phi) is 8.55. The van der Waals surface area contributed by atoms with Crippen molar-refractivity contribution in [3.8, 4) is 0 Å². The van der Waals surface area contributed by atoms with Crippen LogP contribution in [0.1, 0.15) is 41.6 Å². The number of aromatic amines is 1. The summed E-state index contributed by atoms with van der Waals surface area (Å²) in [6, 6.07) is 14.0. The molecule has 32 heavy (non-hydrogen) atoms. The largest absolute Gasteiger partial charge is 0.351 e. The van der Waals surface area contributed by atoms with Gasteiger partial charge in [-0.15, -0.1) is 5.10 Å². The van der Waals surface area contributed by atoms with Crippen molar-refractivity contribution in [2.45, 2.75) is 31.6 Å². The number of thioether (sulfide) groups is 1. The number of aromatic nitrogens is 3. The predicted octanol–water partition coefficient (Wildman–Crippen LogP) is 4.65. The number of amides is 2. The van der Waals surface area contributed by atoms with Gasteiger partial charge in [-0.05, 0) is 29.7 Å². The minimum Gasteiger partial charge on any atom is -0.351 e. The van der Waals surface area contributed by atoms with Crippen LogP contribution in [0.2, 0.25) is 10.0 Å². The Morgan fingerprint density at radius 3 is 2.56 bits per heavy atom. The maximum atomic E-state index is 12.7. The van der Waals surface area contributed by atoms with E-state index in [4.69, 9.17) is 23.2 Å². The minimum absolute atomic E-state index is 0.0324. The molecule has 3 aromatic rings. The van der Waals surface area contributed by atoms with Crippen molar-refractivity contribution in [3.05, 3.63) is 75.5 Å². The van der Waals surface area contributed by atoms with Crippen molar-refractivity contribution in [1.29, 1.82) is 0 Å². The number of rotatable bonds is 9. The van der Waals surface area contributed by atoms with Crippen LogP contribution in [0.4, 0.5) is 0 Å². The summed E-state index contributed by atoms with van der Waals surface area (Å²) in [5.41, 5.74) is 1.35. The fourth-order valence-corrected chi connectivity index (χ4v) is 4.01. The summed E-state index contributed by atoms with van der Waals surface area (Å²) < 4.78 is 0. The standard InChI is InChI=1S/C22H23Cl2N5O2S/c1-13(2)19(26-21(31)16-9-8-15(23)10-17(16)24)20-27-22(29-28-20)32-12-18(30)25-11-14-6-4-3-5-7-14/h3-10,13,19H,11-12H2,1-2H3,(H,25,30)(H,26,31)(H,27,28,29)/t19-/m0/s1. The summed E-state index contributed by atoms with van der Waals surface area (Å²) in [7, 11) is 0. The Bertz CT molecular complexity index is 1080. The first kappa shape index (κ1) is 24.1. The molecule has 1 atom stereocenters. The molecule has 0 saturated heterocycles. The van der Waals surface area contributed by atoms with Crippen LogP contribution in [0.15, 0.2) is 53.7 Å². The normalized spacial score (nSPS) is 11.9. The van der Waals surface area contributed by atoms with Gasteiger partial charge in [-0.2, -0.15) is 0 Å². The lowest BCUT2D eigenvalue weighted by Gasteiger charge is -2.20. The zero-order chi connectivity index (χ0) is 23.1. The molecule has 168 valence electrons. The minimum atomic E-state index is -0.414. The van der Waals surface area contributed by atoms with E-state index in [-0.39, 0.29) is 28.5 Å². The van der Waals surface area contributed by atoms with E-state index in [2.05, 4.69) is 25.8 Å². The molecule has 0 saturated carbocycles. The van der Waals surface area contributed by atoms with Gasteiger partial charge in [0, 0.05) is 11.6 Å². The van der Waals surface area contributed by atoms with Gasteiger partial charge in [-0.3, -0.25) is 14.7 Å². The van der Waals surface area contributed by atoms with Gasteiger partial charge < -0.3 is 10.6 Å². The summed E-state index contributed by atoms with van der Waals surface area (Å²) in [5.74, 6) is 0.270. The van der Waals surface area contributed by atoms with Gasteiger partial charge in [-0.1, -0.05) is 79.1 Å². The number of nitrogens with one attached hydrogen (secondary N) is 3. The molecule has 0 bridgehead atoms. The molecule has 2 aromatic carbocycles. The van der Waals surface area contributed by atoms with Gasteiger partial charge >= 0.3 is 0 Å². The highest BCUT2D eigenvalue weighted by molar-refractivity contribution is 7.99. The molecular weight excluding hydrogens is 469 g/mol. The fourth-order valence-electron chi connectivity index (χ4n) is 2.88. The van der Waals surface area contributed by atoms with Crippen molar-refractivity contribution >= 4 is 46.8 Å². The average Bonchev–Trinajstić information content (AvgIpc) is 3.23. The smallest absolute Gasteiger partial charge is 0.253 e. The lowest BCUT2D eigenvalue weighted by molar-refractivity contribution is -0.118. The Morgan fingerprint density at radius 2 is 1.88 bits per heavy atom. The van der Waals surface area contributed by atoms with Crippen molar-refractivity contribution in [1.82, 2.24) is 25.8 Å². The molecule has 0 radical (unpaired) electrons. The number of halogens is 2. The Balaban J connectivity index is 1.57. The highest BCUT2D eigenvalue weighted by Crippen LogP contribution is 2.24. The van der Waals surface area contributed by atoms with E-state index in [1.165, 1.54) is 17.8 Å². The molecule has 1 heterocycles. The third-order valence-electron chi connectivity index (χ3n) is 4.57. The van der Waals surface area contributed by atoms with Gasteiger partial charge in [-0.25, -0.2) is 4.98 Å². The van der Waals surface area contributed by atoms with E-state index in [1.54, 1.807) is 12.1 Å². The van der Waals surface area contributed by atoms with Crippen molar-refractivity contribution in [2.75, 3.05) is 5.75 Å². The summed E-state index contributed by atoms with van der Waals surface area (Å²) in [6.45, 7) is 4.38. The molecule has 3 rings (SSSR count). The van der Waals surface area contributed by atoms with E-state index in [0.717, 1.165) is 5.56 Å². The highest BCUT2D eigenvalue weighted by atomic mass is 35.5. The Labute approximate surface area is 200 Å². The Hall–Kier alpha value is -2.55. The van der Waals surface area contributed by atoms with Gasteiger partial charge in [0.2, 0.25) is 11.1 Å². The van der Waals surface area contributed by atoms with E-state index >= 15 is 0 Å². The number of benzene rings is 2. The monoisotopic (exact) mass is 491 g/mol. The van der Waals surface area contributed by atoms with E-state index < -0.39 is 6.04 Å². The molecule has 0 aliphatic carbocycles. The molecule has 7 nitrogen and oxygen atoms in total. The van der Waals surface area contributed by atoms with Crippen LogP contribution in [0, 0.1) is 5.92 Å². The van der Waals surface area contributed by atoms with Crippen LogP contribution in [-0.2, 0) is 11.3 Å². The molecule has 2 amide bonds. The molecule has 0 fully saturated rings. The third-order valence-corrected chi connectivity index (χ3v) is 5.97.